The molecule has 1 aliphatic carbocycles. The Kier molecular flexibility index (Phi) is 4.11. The summed E-state index contributed by atoms with van der Waals surface area (Å²) in [7, 11) is 0. The minimum absolute atomic E-state index is 0.195. The van der Waals surface area contributed by atoms with E-state index in [0.717, 1.165) is 19.3 Å². The number of carbonyl (C=O) groups is 1. The third-order valence-electron chi connectivity index (χ3n) is 5.55. The van der Waals surface area contributed by atoms with Crippen molar-refractivity contribution in [3.8, 4) is 11.1 Å². The zero-order valence-electron chi connectivity index (χ0n) is 13.9. The molecular formula is C21H24N2O. The summed E-state index contributed by atoms with van der Waals surface area (Å²) in [5.74, 6) is 0.593. The van der Waals surface area contributed by atoms with Gasteiger partial charge in [0, 0.05) is 25.6 Å². The predicted molar refractivity (Wildman–Crippen MR) is 96.1 cm³/mol. The molecule has 2 aromatic rings. The van der Waals surface area contributed by atoms with E-state index < -0.39 is 0 Å². The molecule has 0 unspecified atom stereocenters. The second kappa shape index (κ2) is 6.40. The molecule has 2 atom stereocenters. The molecule has 1 heterocycles. The van der Waals surface area contributed by atoms with Gasteiger partial charge in [-0.05, 0) is 41.0 Å². The number of fused-ring (bicyclic) bond motifs is 3. The van der Waals surface area contributed by atoms with E-state index in [4.69, 9.17) is 5.73 Å². The van der Waals surface area contributed by atoms with E-state index in [-0.39, 0.29) is 11.9 Å². The van der Waals surface area contributed by atoms with Gasteiger partial charge in [0.25, 0.3) is 0 Å². The van der Waals surface area contributed by atoms with Crippen LogP contribution < -0.4 is 5.73 Å². The van der Waals surface area contributed by atoms with Gasteiger partial charge < -0.3 is 10.6 Å². The topological polar surface area (TPSA) is 46.3 Å². The Morgan fingerprint density at radius 1 is 0.958 bits per heavy atom. The number of nitrogens with zero attached hydrogens (tertiary/aromatic N) is 1. The first-order valence-electron chi connectivity index (χ1n) is 8.92. The van der Waals surface area contributed by atoms with Crippen LogP contribution in [-0.2, 0) is 17.9 Å². The monoisotopic (exact) mass is 320 g/mol. The Bertz CT molecular complexity index is 708. The molecule has 124 valence electrons. The van der Waals surface area contributed by atoms with E-state index in [1.807, 2.05) is 4.90 Å². The van der Waals surface area contributed by atoms with Crippen molar-refractivity contribution in [3.05, 3.63) is 59.7 Å². The summed E-state index contributed by atoms with van der Waals surface area (Å²) >= 11 is 0. The molecule has 1 aliphatic heterocycles. The molecule has 3 heteroatoms. The maximum Gasteiger partial charge on any atom is 0.223 e. The molecule has 4 rings (SSSR count). The molecule has 1 fully saturated rings. The van der Waals surface area contributed by atoms with E-state index in [9.17, 15) is 4.79 Å². The van der Waals surface area contributed by atoms with E-state index in [2.05, 4.69) is 48.5 Å². The van der Waals surface area contributed by atoms with Crippen LogP contribution in [0, 0.1) is 5.92 Å². The molecule has 2 aromatic carbocycles. The average molecular weight is 320 g/mol. The normalized spacial score (nSPS) is 22.6. The van der Waals surface area contributed by atoms with Crippen molar-refractivity contribution in [1.29, 1.82) is 0 Å². The van der Waals surface area contributed by atoms with Crippen LogP contribution in [0.15, 0.2) is 48.5 Å². The van der Waals surface area contributed by atoms with Crippen LogP contribution in [0.1, 0.15) is 36.8 Å². The second-order valence-corrected chi connectivity index (χ2v) is 7.12. The van der Waals surface area contributed by atoms with Gasteiger partial charge in [-0.2, -0.15) is 0 Å². The molecule has 24 heavy (non-hydrogen) atoms. The third-order valence-corrected chi connectivity index (χ3v) is 5.55. The standard InChI is InChI=1S/C21H24N2O/c22-20-11-5-8-15(20)12-21(24)23-13-16-6-1-3-9-18(16)19-10-4-2-7-17(19)14-23/h1-4,6-7,9-10,15,20H,5,8,11-14,22H2/t15-,20+/m0/s1. The van der Waals surface area contributed by atoms with Gasteiger partial charge in [-0.25, -0.2) is 0 Å². The molecule has 3 nitrogen and oxygen atoms in total. The zero-order chi connectivity index (χ0) is 16.5. The third kappa shape index (κ3) is 2.84. The summed E-state index contributed by atoms with van der Waals surface area (Å²) in [6, 6.07) is 17.1. The van der Waals surface area contributed by atoms with Crippen LogP contribution in [-0.4, -0.2) is 16.8 Å². The van der Waals surface area contributed by atoms with Crippen LogP contribution in [0.5, 0.6) is 0 Å². The van der Waals surface area contributed by atoms with Crippen LogP contribution in [0.25, 0.3) is 11.1 Å². The van der Waals surface area contributed by atoms with Crippen LogP contribution in [0.4, 0.5) is 0 Å². The summed E-state index contributed by atoms with van der Waals surface area (Å²) in [4.78, 5) is 15.0. The maximum absolute atomic E-state index is 12.9. The minimum Gasteiger partial charge on any atom is -0.334 e. The average Bonchev–Trinajstić information content (AvgIpc) is 2.92. The van der Waals surface area contributed by atoms with Crippen molar-refractivity contribution in [2.75, 3.05) is 0 Å². The van der Waals surface area contributed by atoms with Gasteiger partial charge in [0.2, 0.25) is 5.91 Å². The van der Waals surface area contributed by atoms with Gasteiger partial charge in [0.15, 0.2) is 0 Å². The lowest BCUT2D eigenvalue weighted by Crippen LogP contribution is -2.34. The van der Waals surface area contributed by atoms with Gasteiger partial charge in [-0.1, -0.05) is 55.0 Å². The zero-order valence-corrected chi connectivity index (χ0v) is 13.9. The fourth-order valence-electron chi connectivity index (χ4n) is 4.16. The SMILES string of the molecule is N[C@@H]1CCC[C@H]1CC(=O)N1Cc2ccccc2-c2ccccc2C1. The van der Waals surface area contributed by atoms with Crippen molar-refractivity contribution in [2.45, 2.75) is 44.8 Å². The highest BCUT2D eigenvalue weighted by molar-refractivity contribution is 5.79. The van der Waals surface area contributed by atoms with Crippen molar-refractivity contribution >= 4 is 5.91 Å². The number of hydrogen-bond donors (Lipinski definition) is 1. The lowest BCUT2D eigenvalue weighted by Gasteiger charge is -2.24. The minimum atomic E-state index is 0.195. The van der Waals surface area contributed by atoms with Crippen LogP contribution in [0.3, 0.4) is 0 Å². The first kappa shape index (κ1) is 15.4. The Hall–Kier alpha value is -2.13. The van der Waals surface area contributed by atoms with Crippen molar-refractivity contribution in [3.63, 3.8) is 0 Å². The van der Waals surface area contributed by atoms with E-state index in [0.29, 0.717) is 25.4 Å². The Balaban J connectivity index is 1.63. The molecule has 0 saturated heterocycles. The van der Waals surface area contributed by atoms with E-state index >= 15 is 0 Å². The first-order valence-corrected chi connectivity index (χ1v) is 8.92. The summed E-state index contributed by atoms with van der Waals surface area (Å²) in [6.07, 6.45) is 3.90. The molecule has 0 spiro atoms. The highest BCUT2D eigenvalue weighted by Gasteiger charge is 2.29. The summed E-state index contributed by atoms with van der Waals surface area (Å²) in [5, 5.41) is 0. The Labute approximate surface area is 143 Å². The lowest BCUT2D eigenvalue weighted by molar-refractivity contribution is -0.133. The number of benzene rings is 2. The van der Waals surface area contributed by atoms with Crippen LogP contribution >= 0.6 is 0 Å². The lowest BCUT2D eigenvalue weighted by atomic mass is 9.97. The van der Waals surface area contributed by atoms with Gasteiger partial charge >= 0.3 is 0 Å². The van der Waals surface area contributed by atoms with E-state index in [1.54, 1.807) is 0 Å². The van der Waals surface area contributed by atoms with Crippen LogP contribution in [0.2, 0.25) is 0 Å². The van der Waals surface area contributed by atoms with Gasteiger partial charge in [0.05, 0.1) is 0 Å². The summed E-state index contributed by atoms with van der Waals surface area (Å²) in [6.45, 7) is 1.37. The van der Waals surface area contributed by atoms with Crippen molar-refractivity contribution in [1.82, 2.24) is 4.90 Å². The van der Waals surface area contributed by atoms with E-state index in [1.165, 1.54) is 22.3 Å². The number of amides is 1. The Morgan fingerprint density at radius 2 is 1.54 bits per heavy atom. The molecule has 1 saturated carbocycles. The van der Waals surface area contributed by atoms with Crippen molar-refractivity contribution in [2.24, 2.45) is 11.7 Å². The van der Waals surface area contributed by atoms with Gasteiger partial charge in [-0.3, -0.25) is 4.79 Å². The summed E-state index contributed by atoms with van der Waals surface area (Å²) in [5.41, 5.74) is 11.1. The molecule has 2 aliphatic rings. The first-order chi connectivity index (χ1) is 11.7. The molecule has 0 bridgehead atoms. The largest absolute Gasteiger partial charge is 0.334 e. The molecule has 2 N–H and O–H groups in total. The molecular weight excluding hydrogens is 296 g/mol. The van der Waals surface area contributed by atoms with Crippen molar-refractivity contribution < 1.29 is 4.79 Å². The molecule has 0 aromatic heterocycles. The maximum atomic E-state index is 12.9. The molecule has 1 amide bonds. The second-order valence-electron chi connectivity index (χ2n) is 7.12. The number of carbonyl (C=O) groups excluding carboxylic acids is 1. The fourth-order valence-corrected chi connectivity index (χ4v) is 4.16. The number of nitrogens with two attached hydrogens (primary N) is 1. The smallest absolute Gasteiger partial charge is 0.223 e. The highest BCUT2D eigenvalue weighted by atomic mass is 16.2. The number of rotatable bonds is 2. The van der Waals surface area contributed by atoms with Gasteiger partial charge in [-0.15, -0.1) is 0 Å². The quantitative estimate of drug-likeness (QED) is 0.917. The molecule has 0 radical (unpaired) electrons. The van der Waals surface area contributed by atoms with Gasteiger partial charge in [0.1, 0.15) is 0 Å². The fraction of sp³-hybridized carbons (Fsp3) is 0.381. The predicted octanol–water partition coefficient (Wildman–Crippen LogP) is 3.71. The summed E-state index contributed by atoms with van der Waals surface area (Å²) < 4.78 is 0. The number of hydrogen-bond acceptors (Lipinski definition) is 2. The highest BCUT2D eigenvalue weighted by Crippen LogP contribution is 2.34. The Morgan fingerprint density at radius 3 is 2.08 bits per heavy atom.